The van der Waals surface area contributed by atoms with Crippen LogP contribution in [0.25, 0.3) is 0 Å². The molecule has 0 spiro atoms. The molecule has 1 unspecified atom stereocenters. The first kappa shape index (κ1) is 16.7. The number of nitrogens with zero attached hydrogens (tertiary/aromatic N) is 1. The van der Waals surface area contributed by atoms with Crippen LogP contribution in [0.4, 0.5) is 4.79 Å². The monoisotopic (exact) mass is 258 g/mol. The van der Waals surface area contributed by atoms with E-state index in [1.165, 1.54) is 4.90 Å². The first-order valence-corrected chi connectivity index (χ1v) is 6.31. The Labute approximate surface area is 109 Å². The number of hydrogen-bond acceptors (Lipinski definition) is 3. The zero-order valence-electron chi connectivity index (χ0n) is 11.8. The molecule has 6 heteroatoms. The molecule has 4 N–H and O–H groups in total. The Kier molecular flexibility index (Phi) is 8.11. The molecule has 0 aliphatic heterocycles. The first-order valence-electron chi connectivity index (χ1n) is 6.31. The molecule has 18 heavy (non-hydrogen) atoms. The van der Waals surface area contributed by atoms with E-state index in [1.807, 2.05) is 0 Å². The maximum atomic E-state index is 11.8. The number of nitrogens with two attached hydrogens (primary N) is 1. The Bertz CT molecular complexity index is 267. The van der Waals surface area contributed by atoms with Gasteiger partial charge in [-0.15, -0.1) is 0 Å². The van der Waals surface area contributed by atoms with Crippen molar-refractivity contribution in [1.29, 1.82) is 0 Å². The van der Waals surface area contributed by atoms with Gasteiger partial charge in [0.1, 0.15) is 0 Å². The van der Waals surface area contributed by atoms with Gasteiger partial charge in [0.05, 0.1) is 5.92 Å². The van der Waals surface area contributed by atoms with Gasteiger partial charge in [-0.1, -0.05) is 13.8 Å². The summed E-state index contributed by atoms with van der Waals surface area (Å²) >= 11 is 0. The maximum absolute atomic E-state index is 11.8. The lowest BCUT2D eigenvalue weighted by molar-refractivity contribution is -0.125. The standard InChI is InChI=1S/C12H26N4O2/c1-9(2)7-10(8-13)11(17)14-5-6-15-12(18)16(3)4/h9-10H,5-8,13H2,1-4H3,(H,14,17)(H,15,18). The van der Waals surface area contributed by atoms with Crippen LogP contribution in [0.15, 0.2) is 0 Å². The third-order valence-electron chi connectivity index (χ3n) is 2.52. The lowest BCUT2D eigenvalue weighted by Gasteiger charge is -2.17. The molecule has 0 bridgehead atoms. The lowest BCUT2D eigenvalue weighted by atomic mass is 9.96. The number of nitrogens with one attached hydrogen (secondary N) is 2. The fourth-order valence-electron chi connectivity index (χ4n) is 1.54. The van der Waals surface area contributed by atoms with Gasteiger partial charge in [0.2, 0.25) is 5.91 Å². The summed E-state index contributed by atoms with van der Waals surface area (Å²) in [5.41, 5.74) is 5.58. The number of amides is 3. The Balaban J connectivity index is 3.84. The summed E-state index contributed by atoms with van der Waals surface area (Å²) < 4.78 is 0. The predicted octanol–water partition coefficient (Wildman–Crippen LogP) is -0.00520. The SMILES string of the molecule is CC(C)CC(CN)C(=O)NCCNC(=O)N(C)C. The molecule has 0 saturated carbocycles. The van der Waals surface area contributed by atoms with Crippen molar-refractivity contribution in [2.75, 3.05) is 33.7 Å². The van der Waals surface area contributed by atoms with Crippen molar-refractivity contribution in [2.45, 2.75) is 20.3 Å². The molecule has 1 atom stereocenters. The molecule has 0 aliphatic rings. The van der Waals surface area contributed by atoms with Gasteiger partial charge in [0.15, 0.2) is 0 Å². The zero-order valence-corrected chi connectivity index (χ0v) is 11.8. The van der Waals surface area contributed by atoms with Crippen LogP contribution in [-0.2, 0) is 4.79 Å². The van der Waals surface area contributed by atoms with Crippen molar-refractivity contribution in [3.05, 3.63) is 0 Å². The molecule has 0 heterocycles. The second-order valence-corrected chi connectivity index (χ2v) is 4.98. The fourth-order valence-corrected chi connectivity index (χ4v) is 1.54. The summed E-state index contributed by atoms with van der Waals surface area (Å²) in [6.07, 6.45) is 0.784. The van der Waals surface area contributed by atoms with Crippen LogP contribution >= 0.6 is 0 Å². The van der Waals surface area contributed by atoms with E-state index in [0.29, 0.717) is 25.6 Å². The summed E-state index contributed by atoms with van der Waals surface area (Å²) in [7, 11) is 3.34. The van der Waals surface area contributed by atoms with Gasteiger partial charge in [0, 0.05) is 33.7 Å². The van der Waals surface area contributed by atoms with E-state index < -0.39 is 0 Å². The van der Waals surface area contributed by atoms with Crippen LogP contribution in [-0.4, -0.2) is 50.6 Å². The molecule has 3 amide bonds. The summed E-state index contributed by atoms with van der Waals surface area (Å²) in [6.45, 7) is 5.32. The molecule has 0 aromatic heterocycles. The molecular weight excluding hydrogens is 232 g/mol. The summed E-state index contributed by atoms with van der Waals surface area (Å²) in [4.78, 5) is 24.4. The van der Waals surface area contributed by atoms with Gasteiger partial charge in [-0.2, -0.15) is 0 Å². The number of urea groups is 1. The highest BCUT2D eigenvalue weighted by Gasteiger charge is 2.17. The molecule has 106 valence electrons. The van der Waals surface area contributed by atoms with E-state index in [1.54, 1.807) is 14.1 Å². The number of carbonyl (C=O) groups excluding carboxylic acids is 2. The Morgan fingerprint density at radius 1 is 1.17 bits per heavy atom. The van der Waals surface area contributed by atoms with Crippen molar-refractivity contribution in [3.8, 4) is 0 Å². The quantitative estimate of drug-likeness (QED) is 0.561. The first-order chi connectivity index (χ1) is 8.38. The molecule has 0 saturated heterocycles. The van der Waals surface area contributed by atoms with Crippen molar-refractivity contribution in [1.82, 2.24) is 15.5 Å². The van der Waals surface area contributed by atoms with Crippen molar-refractivity contribution in [3.63, 3.8) is 0 Å². The minimum atomic E-state index is -0.165. The number of rotatable bonds is 7. The van der Waals surface area contributed by atoms with Crippen LogP contribution in [0.2, 0.25) is 0 Å². The Morgan fingerprint density at radius 3 is 2.17 bits per heavy atom. The van der Waals surface area contributed by atoms with Crippen LogP contribution < -0.4 is 16.4 Å². The van der Waals surface area contributed by atoms with Gasteiger partial charge >= 0.3 is 6.03 Å². The Hall–Kier alpha value is -1.30. The van der Waals surface area contributed by atoms with Gasteiger partial charge < -0.3 is 21.3 Å². The minimum Gasteiger partial charge on any atom is -0.354 e. The van der Waals surface area contributed by atoms with E-state index in [2.05, 4.69) is 24.5 Å². The van der Waals surface area contributed by atoms with E-state index in [0.717, 1.165) is 6.42 Å². The molecular formula is C12H26N4O2. The smallest absolute Gasteiger partial charge is 0.316 e. The van der Waals surface area contributed by atoms with Crippen LogP contribution in [0, 0.1) is 11.8 Å². The second kappa shape index (κ2) is 8.74. The van der Waals surface area contributed by atoms with Crippen LogP contribution in [0.5, 0.6) is 0 Å². The van der Waals surface area contributed by atoms with Gasteiger partial charge in [-0.05, 0) is 12.3 Å². The second-order valence-electron chi connectivity index (χ2n) is 4.98. The topological polar surface area (TPSA) is 87.5 Å². The molecule has 0 fully saturated rings. The van der Waals surface area contributed by atoms with E-state index in [9.17, 15) is 9.59 Å². The zero-order chi connectivity index (χ0) is 14.1. The third kappa shape index (κ3) is 7.11. The molecule has 0 aromatic rings. The van der Waals surface area contributed by atoms with Crippen molar-refractivity contribution < 1.29 is 9.59 Å². The largest absolute Gasteiger partial charge is 0.354 e. The molecule has 0 radical (unpaired) electrons. The molecule has 0 rings (SSSR count). The minimum absolute atomic E-state index is 0.0368. The summed E-state index contributed by atoms with van der Waals surface area (Å²) in [6, 6.07) is -0.165. The predicted molar refractivity (Wildman–Crippen MR) is 72.1 cm³/mol. The van der Waals surface area contributed by atoms with E-state index >= 15 is 0 Å². The summed E-state index contributed by atoms with van der Waals surface area (Å²) in [5.74, 6) is 0.262. The highest BCUT2D eigenvalue weighted by Crippen LogP contribution is 2.10. The summed E-state index contributed by atoms with van der Waals surface area (Å²) in [5, 5.41) is 5.46. The van der Waals surface area contributed by atoms with Crippen molar-refractivity contribution in [2.24, 2.45) is 17.6 Å². The van der Waals surface area contributed by atoms with Crippen LogP contribution in [0.1, 0.15) is 20.3 Å². The Morgan fingerprint density at radius 2 is 1.72 bits per heavy atom. The highest BCUT2D eigenvalue weighted by molar-refractivity contribution is 5.79. The molecule has 0 aromatic carbocycles. The van der Waals surface area contributed by atoms with E-state index in [4.69, 9.17) is 5.73 Å². The average molecular weight is 258 g/mol. The average Bonchev–Trinajstić information content (AvgIpc) is 2.30. The lowest BCUT2D eigenvalue weighted by Crippen LogP contribution is -2.42. The molecule has 6 nitrogen and oxygen atoms in total. The number of carbonyl (C=O) groups is 2. The maximum Gasteiger partial charge on any atom is 0.316 e. The number of hydrogen-bond donors (Lipinski definition) is 3. The van der Waals surface area contributed by atoms with Crippen molar-refractivity contribution >= 4 is 11.9 Å². The third-order valence-corrected chi connectivity index (χ3v) is 2.52. The highest BCUT2D eigenvalue weighted by atomic mass is 16.2. The fraction of sp³-hybridized carbons (Fsp3) is 0.833. The van der Waals surface area contributed by atoms with E-state index in [-0.39, 0.29) is 17.9 Å². The van der Waals surface area contributed by atoms with Crippen LogP contribution in [0.3, 0.4) is 0 Å². The van der Waals surface area contributed by atoms with Gasteiger partial charge in [-0.3, -0.25) is 4.79 Å². The normalized spacial score (nSPS) is 12.1. The van der Waals surface area contributed by atoms with Gasteiger partial charge in [-0.25, -0.2) is 4.79 Å². The van der Waals surface area contributed by atoms with Gasteiger partial charge in [0.25, 0.3) is 0 Å². The molecule has 0 aliphatic carbocycles.